The Kier molecular flexibility index (Phi) is 20.7. The molecule has 12 nitrogen and oxygen atoms in total. The molecule has 0 bridgehead atoms. The fourth-order valence-corrected chi connectivity index (χ4v) is 7.81. The smallest absolute Gasteiger partial charge is 0.354 e. The second-order valence-corrected chi connectivity index (χ2v) is 17.8. The molecule has 0 unspecified atom stereocenters. The van der Waals surface area contributed by atoms with Crippen LogP contribution in [0.4, 0.5) is 67.3 Å². The van der Waals surface area contributed by atoms with Crippen LogP contribution in [0.25, 0.3) is 9.69 Å². The molecule has 2 aliphatic heterocycles. The predicted molar refractivity (Wildman–Crippen MR) is 226 cm³/mol. The first-order chi connectivity index (χ1) is 31.9. The van der Waals surface area contributed by atoms with Gasteiger partial charge in [0.25, 0.3) is 11.1 Å². The van der Waals surface area contributed by atoms with E-state index < -0.39 is 125 Å². The Bertz CT molecular complexity index is 2340. The lowest BCUT2D eigenvalue weighted by molar-refractivity contribution is -0.180. The van der Waals surface area contributed by atoms with Gasteiger partial charge in [0.1, 0.15) is 11.6 Å². The van der Waals surface area contributed by atoms with Gasteiger partial charge in [-0.15, -0.1) is 12.4 Å². The number of hydrogen-bond acceptors (Lipinski definition) is 8. The highest BCUT2D eigenvalue weighted by molar-refractivity contribution is 6.29. The molecule has 0 spiro atoms. The van der Waals surface area contributed by atoms with Crippen LogP contribution in [0.3, 0.4) is 0 Å². The molecule has 6 rings (SSSR count). The Morgan fingerprint density at radius 1 is 0.657 bits per heavy atom. The number of rotatable bonds is 15. The monoisotopic (exact) mass is 1060 g/mol. The minimum atomic E-state index is -4.47. The second kappa shape index (κ2) is 24.2. The highest BCUT2D eigenvalue weighted by Gasteiger charge is 2.53. The fraction of sp³-hybridized carbons (Fsp3) is 0.714. The Balaban J connectivity index is 0.000000314. The summed E-state index contributed by atoms with van der Waals surface area (Å²) in [6.45, 7) is 13.6. The van der Waals surface area contributed by atoms with Gasteiger partial charge in [0, 0.05) is 64.5 Å². The number of hydrogen-bond donors (Lipinski definition) is 1. The number of nitrogens with one attached hydrogen (secondary N) is 1. The molecular weight excluding hydrogens is 1020 g/mol. The summed E-state index contributed by atoms with van der Waals surface area (Å²) in [5.41, 5.74) is -4.07. The average Bonchev–Trinajstić information content (AvgIpc) is 4.21. The molecule has 2 saturated heterocycles. The minimum absolute atomic E-state index is 0. The van der Waals surface area contributed by atoms with Gasteiger partial charge in [-0.25, -0.2) is 23.1 Å². The first-order valence-electron chi connectivity index (χ1n) is 21.7. The molecule has 0 radical (unpaired) electrons. The zero-order valence-corrected chi connectivity index (χ0v) is 38.6. The molecule has 392 valence electrons. The summed E-state index contributed by atoms with van der Waals surface area (Å²) in [6, 6.07) is 0. The number of carbonyl (C=O) groups is 2. The van der Waals surface area contributed by atoms with E-state index in [1.165, 1.54) is 4.90 Å². The second-order valence-electron chi connectivity index (χ2n) is 17.5. The molecule has 4 heterocycles. The molecule has 2 saturated carbocycles. The van der Waals surface area contributed by atoms with Gasteiger partial charge in [0.2, 0.25) is 22.7 Å². The van der Waals surface area contributed by atoms with Crippen LogP contribution in [-0.4, -0.2) is 92.6 Å². The van der Waals surface area contributed by atoms with Gasteiger partial charge in [-0.2, -0.15) is 61.5 Å². The third-order valence-corrected chi connectivity index (χ3v) is 12.2. The van der Waals surface area contributed by atoms with Crippen molar-refractivity contribution in [3.63, 3.8) is 0 Å². The maximum absolute atomic E-state index is 14.9. The predicted octanol–water partition coefficient (Wildman–Crippen LogP) is 9.76. The number of carbonyl (C=O) groups excluding carboxylic acids is 2. The van der Waals surface area contributed by atoms with Crippen LogP contribution < -0.4 is 21.3 Å². The molecule has 0 aromatic carbocycles. The van der Waals surface area contributed by atoms with Gasteiger partial charge in [-0.3, -0.25) is 28.3 Å². The first kappa shape index (κ1) is 59.7. The van der Waals surface area contributed by atoms with E-state index in [9.17, 15) is 80.6 Å². The van der Waals surface area contributed by atoms with E-state index in [2.05, 4.69) is 25.0 Å². The number of halogens is 16. The van der Waals surface area contributed by atoms with Crippen LogP contribution in [0, 0.1) is 36.6 Å². The lowest BCUT2D eigenvalue weighted by Gasteiger charge is -2.34. The topological polar surface area (TPSA) is 128 Å². The van der Waals surface area contributed by atoms with E-state index in [4.69, 9.17) is 24.7 Å². The summed E-state index contributed by atoms with van der Waals surface area (Å²) in [7, 11) is 0. The Hall–Kier alpha value is -4.56. The highest BCUT2D eigenvalue weighted by atomic mass is 35.5. The van der Waals surface area contributed by atoms with E-state index in [1.54, 1.807) is 0 Å². The number of Topliss-reactive ketones (excluding diaryl/α,β-unsaturated/α-hetero) is 2. The van der Waals surface area contributed by atoms with Crippen LogP contribution in [-0.2, 0) is 35.5 Å². The van der Waals surface area contributed by atoms with Gasteiger partial charge in [-0.05, 0) is 51.6 Å². The molecule has 2 aromatic rings. The third-order valence-electron chi connectivity index (χ3n) is 12.0. The van der Waals surface area contributed by atoms with Crippen LogP contribution in [0.1, 0.15) is 102 Å². The quantitative estimate of drug-likeness (QED) is 0.106. The highest BCUT2D eigenvalue weighted by Crippen LogP contribution is 2.44. The number of aromatic nitrogens is 4. The van der Waals surface area contributed by atoms with E-state index >= 15 is 0 Å². The van der Waals surface area contributed by atoms with E-state index in [1.807, 2.05) is 0 Å². The Morgan fingerprint density at radius 2 is 1.04 bits per heavy atom. The maximum atomic E-state index is 14.9. The first-order valence-corrected chi connectivity index (χ1v) is 22.1. The normalized spacial score (nSPS) is 17.9. The largest absolute Gasteiger partial charge is 0.391 e. The summed E-state index contributed by atoms with van der Waals surface area (Å²) in [6.07, 6.45) is -19.3. The van der Waals surface area contributed by atoms with Gasteiger partial charge < -0.3 is 19.9 Å². The van der Waals surface area contributed by atoms with Crippen molar-refractivity contribution >= 4 is 41.4 Å². The van der Waals surface area contributed by atoms with E-state index in [0.717, 1.165) is 0 Å². The number of nitrogens with zero attached hydrogens (tertiary/aromatic N) is 7. The number of alkyl halides is 12. The molecule has 0 amide bonds. The number of aryl methyl sites for hydroxylation is 2. The Labute approximate surface area is 402 Å². The zero-order chi connectivity index (χ0) is 51.8. The lowest BCUT2D eigenvalue weighted by Crippen LogP contribution is -2.42. The molecule has 0 atom stereocenters. The summed E-state index contributed by atoms with van der Waals surface area (Å²) in [4.78, 5) is 64.8. The van der Waals surface area contributed by atoms with Gasteiger partial charge >= 0.3 is 24.7 Å². The Morgan fingerprint density at radius 3 is 1.40 bits per heavy atom. The molecular formula is C42H48Cl2F14N8O4. The van der Waals surface area contributed by atoms with Crippen molar-refractivity contribution in [1.29, 1.82) is 0 Å². The van der Waals surface area contributed by atoms with Gasteiger partial charge in [0.05, 0.1) is 37.8 Å². The molecule has 4 aliphatic rings. The molecule has 70 heavy (non-hydrogen) atoms. The minimum Gasteiger partial charge on any atom is -0.354 e. The lowest BCUT2D eigenvalue weighted by atomic mass is 9.96. The van der Waals surface area contributed by atoms with Crippen molar-refractivity contribution in [2.45, 2.75) is 152 Å². The average molecular weight is 1070 g/mol. The van der Waals surface area contributed by atoms with E-state index in [-0.39, 0.29) is 94.9 Å². The van der Waals surface area contributed by atoms with Gasteiger partial charge in [-0.1, -0.05) is 11.6 Å². The maximum Gasteiger partial charge on any atom is 0.391 e. The SMILES string of the molecule is Cl.FC(F)(F)C1CCNCC1.[C-]#[N+]C1(CC(=O)Cn2c(CCCC(F)(F)F)nc(Cl)c(F)c2=O)CC1.[C-]#[N+]C1(CC(=O)Cn2c(CCCC(F)(F)F)nc(N3CCC(C(F)(F)F)CC3)c(F)c2=O)CC1. The summed E-state index contributed by atoms with van der Waals surface area (Å²) < 4.78 is 179. The number of anilines is 1. The third kappa shape index (κ3) is 17.9. The van der Waals surface area contributed by atoms with E-state index in [0.29, 0.717) is 47.9 Å². The zero-order valence-electron chi connectivity index (χ0n) is 37.1. The fourth-order valence-electron chi connectivity index (χ4n) is 7.63. The van der Waals surface area contributed by atoms with Gasteiger partial charge in [0.15, 0.2) is 22.5 Å². The molecule has 4 fully saturated rings. The van der Waals surface area contributed by atoms with Crippen LogP contribution >= 0.6 is 24.0 Å². The van der Waals surface area contributed by atoms with Crippen molar-refractivity contribution < 1.29 is 71.1 Å². The summed E-state index contributed by atoms with van der Waals surface area (Å²) >= 11 is 5.49. The van der Waals surface area contributed by atoms with Crippen LogP contribution in [0.15, 0.2) is 9.59 Å². The van der Waals surface area contributed by atoms with Crippen molar-refractivity contribution in [3.05, 3.63) is 72.0 Å². The molecule has 2 aliphatic carbocycles. The molecule has 28 heteroatoms. The molecule has 2 aromatic heterocycles. The summed E-state index contributed by atoms with van der Waals surface area (Å²) in [5, 5.41) is 2.15. The number of ketones is 2. The standard InChI is InChI=1S/C21H23F7N4O2.C15H14ClF4N3O2.C6H10F3N.ClH/c1-29-19(7-8-19)11-14(33)12-32-15(3-2-6-20(23,24)25)30-17(16(22)18(32)34)31-9-4-13(5-10-31)21(26,27)28;1-21-14(5-6-14)7-9(24)8-23-10(3-2-4-15(18,19)20)22-12(16)11(17)13(23)25;7-6(8,9)5-1-3-10-4-2-5;/h13H,2-12H2;2-8H2;5,10H,1-4H2;1H. The van der Waals surface area contributed by atoms with Crippen molar-refractivity contribution in [2.75, 3.05) is 31.1 Å². The number of piperidine rings is 2. The van der Waals surface area contributed by atoms with Crippen molar-refractivity contribution in [2.24, 2.45) is 11.8 Å². The van der Waals surface area contributed by atoms with Crippen LogP contribution in [0.2, 0.25) is 5.15 Å². The molecule has 1 N–H and O–H groups in total. The van der Waals surface area contributed by atoms with Crippen LogP contribution in [0.5, 0.6) is 0 Å². The summed E-state index contributed by atoms with van der Waals surface area (Å²) in [5.74, 6) is -7.34. The van der Waals surface area contributed by atoms with Crippen molar-refractivity contribution in [3.8, 4) is 0 Å². The van der Waals surface area contributed by atoms with Crippen molar-refractivity contribution in [1.82, 2.24) is 24.4 Å².